The quantitative estimate of drug-likeness (QED) is 0.798. The standard InChI is InChI=1S/C10H13N5O2S/c1-15-4-3-12-6(15)5-13-9-7(10(16)17-2)8(11)14-18-9/h3-4,13H,5H2,1-2H3,(H2,11,14). The Morgan fingerprint density at radius 2 is 2.44 bits per heavy atom. The van der Waals surface area contributed by atoms with Crippen molar-refractivity contribution in [2.45, 2.75) is 6.54 Å². The minimum absolute atomic E-state index is 0.175. The third-order valence-electron chi connectivity index (χ3n) is 2.44. The van der Waals surface area contributed by atoms with Crippen LogP contribution in [0.25, 0.3) is 0 Å². The minimum atomic E-state index is -0.497. The summed E-state index contributed by atoms with van der Waals surface area (Å²) in [6.45, 7) is 0.481. The first-order valence-corrected chi connectivity index (χ1v) is 5.94. The average molecular weight is 267 g/mol. The van der Waals surface area contributed by atoms with Gasteiger partial charge in [-0.25, -0.2) is 9.78 Å². The summed E-state index contributed by atoms with van der Waals surface area (Å²) in [5, 5.41) is 3.67. The normalized spacial score (nSPS) is 10.3. The third-order valence-corrected chi connectivity index (χ3v) is 3.26. The van der Waals surface area contributed by atoms with Crippen LogP contribution in [0.2, 0.25) is 0 Å². The van der Waals surface area contributed by atoms with E-state index in [1.807, 2.05) is 17.8 Å². The van der Waals surface area contributed by atoms with Gasteiger partial charge in [-0.05, 0) is 11.5 Å². The van der Waals surface area contributed by atoms with E-state index in [2.05, 4.69) is 19.4 Å². The van der Waals surface area contributed by atoms with Crippen LogP contribution in [0.3, 0.4) is 0 Å². The number of carbonyl (C=O) groups excluding carboxylic acids is 1. The molecule has 0 aromatic carbocycles. The molecule has 96 valence electrons. The van der Waals surface area contributed by atoms with Gasteiger partial charge in [0.15, 0.2) is 5.82 Å². The van der Waals surface area contributed by atoms with E-state index < -0.39 is 5.97 Å². The van der Waals surface area contributed by atoms with Crippen molar-refractivity contribution in [2.75, 3.05) is 18.2 Å². The summed E-state index contributed by atoms with van der Waals surface area (Å²) in [6.07, 6.45) is 3.55. The molecule has 2 heterocycles. The Morgan fingerprint density at radius 1 is 1.67 bits per heavy atom. The molecule has 8 heteroatoms. The molecule has 0 atom stereocenters. The summed E-state index contributed by atoms with van der Waals surface area (Å²) in [7, 11) is 3.20. The summed E-state index contributed by atoms with van der Waals surface area (Å²) in [5.41, 5.74) is 5.91. The number of ether oxygens (including phenoxy) is 1. The maximum atomic E-state index is 11.5. The Labute approximate surface area is 108 Å². The number of nitrogens with zero attached hydrogens (tertiary/aromatic N) is 3. The van der Waals surface area contributed by atoms with Crippen LogP contribution in [0.4, 0.5) is 10.8 Å². The Kier molecular flexibility index (Phi) is 3.47. The van der Waals surface area contributed by atoms with E-state index in [1.54, 1.807) is 6.20 Å². The zero-order valence-corrected chi connectivity index (χ0v) is 10.8. The number of hydrogen-bond donors (Lipinski definition) is 2. The SMILES string of the molecule is COC(=O)c1c(N)nsc1NCc1nccn1C. The molecule has 2 aromatic heterocycles. The van der Waals surface area contributed by atoms with Crippen molar-refractivity contribution in [1.29, 1.82) is 0 Å². The van der Waals surface area contributed by atoms with Gasteiger partial charge in [0, 0.05) is 19.4 Å². The second-order valence-corrected chi connectivity index (χ2v) is 4.34. The minimum Gasteiger partial charge on any atom is -0.465 e. The number of nitrogens with two attached hydrogens (primary N) is 1. The van der Waals surface area contributed by atoms with Gasteiger partial charge in [-0.1, -0.05) is 0 Å². The molecule has 7 nitrogen and oxygen atoms in total. The van der Waals surface area contributed by atoms with E-state index in [0.717, 1.165) is 17.4 Å². The first kappa shape index (κ1) is 12.4. The first-order valence-electron chi connectivity index (χ1n) is 5.17. The molecule has 0 amide bonds. The maximum Gasteiger partial charge on any atom is 0.344 e. The second-order valence-electron chi connectivity index (χ2n) is 3.57. The summed E-state index contributed by atoms with van der Waals surface area (Å²) in [6, 6.07) is 0. The van der Waals surface area contributed by atoms with Crippen LogP contribution in [0, 0.1) is 0 Å². The highest BCUT2D eigenvalue weighted by Gasteiger charge is 2.19. The van der Waals surface area contributed by atoms with Crippen molar-refractivity contribution in [3.8, 4) is 0 Å². The Morgan fingerprint density at radius 3 is 3.06 bits per heavy atom. The summed E-state index contributed by atoms with van der Waals surface area (Å²) < 4.78 is 10.5. The number of aryl methyl sites for hydroxylation is 1. The molecule has 0 aliphatic carbocycles. The molecule has 0 unspecified atom stereocenters. The maximum absolute atomic E-state index is 11.5. The van der Waals surface area contributed by atoms with Crippen LogP contribution in [0.1, 0.15) is 16.2 Å². The van der Waals surface area contributed by atoms with E-state index in [9.17, 15) is 4.79 Å². The Balaban J connectivity index is 2.15. The largest absolute Gasteiger partial charge is 0.465 e. The molecule has 0 aliphatic heterocycles. The highest BCUT2D eigenvalue weighted by Crippen LogP contribution is 2.27. The van der Waals surface area contributed by atoms with E-state index in [1.165, 1.54) is 7.11 Å². The van der Waals surface area contributed by atoms with Crippen molar-refractivity contribution in [3.63, 3.8) is 0 Å². The van der Waals surface area contributed by atoms with Crippen molar-refractivity contribution in [3.05, 3.63) is 23.8 Å². The molecule has 0 spiro atoms. The number of imidazole rings is 1. The lowest BCUT2D eigenvalue weighted by Crippen LogP contribution is -2.10. The fourth-order valence-electron chi connectivity index (χ4n) is 1.45. The monoisotopic (exact) mass is 267 g/mol. The van der Waals surface area contributed by atoms with Crippen LogP contribution in [-0.2, 0) is 18.3 Å². The van der Waals surface area contributed by atoms with Crippen molar-refractivity contribution < 1.29 is 9.53 Å². The predicted molar refractivity (Wildman–Crippen MR) is 68.4 cm³/mol. The van der Waals surface area contributed by atoms with Gasteiger partial charge in [0.2, 0.25) is 0 Å². The molecular weight excluding hydrogens is 254 g/mol. The zero-order chi connectivity index (χ0) is 13.1. The summed E-state index contributed by atoms with van der Waals surface area (Å²) >= 11 is 1.12. The topological polar surface area (TPSA) is 95.1 Å². The van der Waals surface area contributed by atoms with Gasteiger partial charge in [-0.2, -0.15) is 4.37 Å². The lowest BCUT2D eigenvalue weighted by molar-refractivity contribution is 0.0603. The van der Waals surface area contributed by atoms with Crippen LogP contribution in [0.15, 0.2) is 12.4 Å². The fourth-order valence-corrected chi connectivity index (χ4v) is 2.15. The zero-order valence-electron chi connectivity index (χ0n) is 10.0. The summed E-state index contributed by atoms with van der Waals surface area (Å²) in [4.78, 5) is 15.7. The lowest BCUT2D eigenvalue weighted by atomic mass is 10.3. The molecule has 0 fully saturated rings. The number of nitrogens with one attached hydrogen (secondary N) is 1. The van der Waals surface area contributed by atoms with Gasteiger partial charge in [0.1, 0.15) is 16.4 Å². The molecule has 18 heavy (non-hydrogen) atoms. The van der Waals surface area contributed by atoms with Gasteiger partial charge in [-0.15, -0.1) is 0 Å². The highest BCUT2D eigenvalue weighted by atomic mass is 32.1. The number of carbonyl (C=O) groups is 1. The molecule has 0 saturated carbocycles. The van der Waals surface area contributed by atoms with E-state index >= 15 is 0 Å². The molecule has 0 bridgehead atoms. The molecular formula is C10H13N5O2S. The number of methoxy groups -OCH3 is 1. The average Bonchev–Trinajstić information content (AvgIpc) is 2.92. The fraction of sp³-hybridized carbons (Fsp3) is 0.300. The second kappa shape index (κ2) is 5.05. The van der Waals surface area contributed by atoms with E-state index in [4.69, 9.17) is 5.73 Å². The van der Waals surface area contributed by atoms with Crippen molar-refractivity contribution in [2.24, 2.45) is 7.05 Å². The molecule has 2 aromatic rings. The summed E-state index contributed by atoms with van der Waals surface area (Å²) in [5.74, 6) is 0.524. The molecule has 0 aliphatic rings. The van der Waals surface area contributed by atoms with Gasteiger partial charge in [0.05, 0.1) is 13.7 Å². The van der Waals surface area contributed by atoms with E-state index in [0.29, 0.717) is 11.5 Å². The molecule has 0 saturated heterocycles. The van der Waals surface area contributed by atoms with Crippen LogP contribution in [0.5, 0.6) is 0 Å². The number of aromatic nitrogens is 3. The number of hydrogen-bond acceptors (Lipinski definition) is 7. The number of rotatable bonds is 4. The third kappa shape index (κ3) is 2.28. The number of esters is 1. The van der Waals surface area contributed by atoms with E-state index in [-0.39, 0.29) is 11.4 Å². The Hall–Kier alpha value is -2.09. The molecule has 2 rings (SSSR count). The van der Waals surface area contributed by atoms with Gasteiger partial charge >= 0.3 is 5.97 Å². The first-order chi connectivity index (χ1) is 8.63. The van der Waals surface area contributed by atoms with Gasteiger partial charge in [-0.3, -0.25) is 0 Å². The number of anilines is 2. The van der Waals surface area contributed by atoms with Gasteiger partial charge in [0.25, 0.3) is 0 Å². The number of nitrogen functional groups attached to an aromatic ring is 1. The van der Waals surface area contributed by atoms with Crippen molar-refractivity contribution >= 4 is 28.3 Å². The Bertz CT molecular complexity index is 562. The van der Waals surface area contributed by atoms with Crippen LogP contribution >= 0.6 is 11.5 Å². The highest BCUT2D eigenvalue weighted by molar-refractivity contribution is 7.11. The van der Waals surface area contributed by atoms with Gasteiger partial charge < -0.3 is 20.4 Å². The smallest absolute Gasteiger partial charge is 0.344 e. The van der Waals surface area contributed by atoms with Crippen LogP contribution < -0.4 is 11.1 Å². The molecule has 0 radical (unpaired) electrons. The van der Waals surface area contributed by atoms with Crippen LogP contribution in [-0.4, -0.2) is 27.0 Å². The van der Waals surface area contributed by atoms with Crippen molar-refractivity contribution in [1.82, 2.24) is 13.9 Å². The predicted octanol–water partition coefficient (Wildman–Crippen LogP) is 0.857. The molecule has 3 N–H and O–H groups in total. The lowest BCUT2D eigenvalue weighted by Gasteiger charge is -2.05.